The van der Waals surface area contributed by atoms with Crippen LogP contribution in [0, 0.1) is 6.92 Å². The van der Waals surface area contributed by atoms with Crippen molar-refractivity contribution in [2.45, 2.75) is 13.5 Å². The minimum absolute atomic E-state index is 0.164. The molecule has 0 fully saturated rings. The lowest BCUT2D eigenvalue weighted by atomic mass is 10.1. The van der Waals surface area contributed by atoms with E-state index in [4.69, 9.17) is 9.47 Å². The van der Waals surface area contributed by atoms with E-state index in [2.05, 4.69) is 15.4 Å². The zero-order chi connectivity index (χ0) is 23.0. The molecule has 33 heavy (non-hydrogen) atoms. The topological polar surface area (TPSA) is 78.3 Å². The second-order valence-electron chi connectivity index (χ2n) is 7.47. The summed E-state index contributed by atoms with van der Waals surface area (Å²) in [5.74, 6) is 1.95. The van der Waals surface area contributed by atoms with Crippen LogP contribution >= 0.6 is 0 Å². The van der Waals surface area contributed by atoms with E-state index in [1.807, 2.05) is 73.7 Å². The van der Waals surface area contributed by atoms with Crippen LogP contribution in [0.4, 0.5) is 0 Å². The number of amides is 1. The average Bonchev–Trinajstić information content (AvgIpc) is 3.26. The Morgan fingerprint density at radius 2 is 1.79 bits per heavy atom. The normalized spacial score (nSPS) is 10.7. The Morgan fingerprint density at radius 3 is 2.55 bits per heavy atom. The highest BCUT2D eigenvalue weighted by Gasteiger charge is 2.14. The van der Waals surface area contributed by atoms with E-state index >= 15 is 0 Å². The van der Waals surface area contributed by atoms with E-state index in [0.29, 0.717) is 37.0 Å². The van der Waals surface area contributed by atoms with E-state index in [1.165, 1.54) is 0 Å². The quantitative estimate of drug-likeness (QED) is 0.393. The molecule has 0 aliphatic carbocycles. The van der Waals surface area contributed by atoms with E-state index in [0.717, 1.165) is 22.6 Å². The molecule has 0 bridgehead atoms. The third kappa shape index (κ3) is 5.64. The maximum atomic E-state index is 12.7. The first-order chi connectivity index (χ1) is 16.1. The third-order valence-electron chi connectivity index (χ3n) is 5.06. The summed E-state index contributed by atoms with van der Waals surface area (Å²) in [5.41, 5.74) is 3.31. The Balaban J connectivity index is 1.42. The summed E-state index contributed by atoms with van der Waals surface area (Å²) >= 11 is 0. The molecule has 0 spiro atoms. The molecule has 0 aliphatic rings. The van der Waals surface area contributed by atoms with Gasteiger partial charge in [-0.1, -0.05) is 36.4 Å². The smallest absolute Gasteiger partial charge is 0.251 e. The molecule has 7 nitrogen and oxygen atoms in total. The van der Waals surface area contributed by atoms with Crippen LogP contribution in [0.2, 0.25) is 0 Å². The zero-order valence-corrected chi connectivity index (χ0v) is 18.7. The Bertz CT molecular complexity index is 1200. The van der Waals surface area contributed by atoms with Gasteiger partial charge < -0.3 is 14.8 Å². The molecule has 0 saturated carbocycles. The lowest BCUT2D eigenvalue weighted by Gasteiger charge is -2.10. The Morgan fingerprint density at radius 1 is 1.00 bits per heavy atom. The second kappa shape index (κ2) is 10.6. The summed E-state index contributed by atoms with van der Waals surface area (Å²) in [6, 6.07) is 24.9. The van der Waals surface area contributed by atoms with Gasteiger partial charge in [-0.2, -0.15) is 5.10 Å². The van der Waals surface area contributed by atoms with Crippen LogP contribution in [0.15, 0.2) is 78.9 Å². The Hall–Kier alpha value is -3.97. The average molecular weight is 443 g/mol. The fraction of sp³-hybridized carbons (Fsp3) is 0.192. The first-order valence-corrected chi connectivity index (χ1v) is 10.7. The van der Waals surface area contributed by atoms with Gasteiger partial charge in [-0.15, -0.1) is 0 Å². The zero-order valence-electron chi connectivity index (χ0n) is 18.7. The molecule has 1 aromatic heterocycles. The van der Waals surface area contributed by atoms with Gasteiger partial charge in [-0.05, 0) is 55.0 Å². The number of carbonyl (C=O) groups is 1. The van der Waals surface area contributed by atoms with E-state index < -0.39 is 0 Å². The number of aryl methyl sites for hydroxylation is 1. The van der Waals surface area contributed by atoms with Gasteiger partial charge in [0.2, 0.25) is 0 Å². The van der Waals surface area contributed by atoms with Gasteiger partial charge in [0.05, 0.1) is 26.0 Å². The molecule has 0 saturated heterocycles. The van der Waals surface area contributed by atoms with Crippen LogP contribution < -0.4 is 10.1 Å². The highest BCUT2D eigenvalue weighted by Crippen LogP contribution is 2.24. The molecule has 0 atom stereocenters. The summed E-state index contributed by atoms with van der Waals surface area (Å²) in [6.45, 7) is 3.22. The van der Waals surface area contributed by atoms with Crippen molar-refractivity contribution in [1.29, 1.82) is 0 Å². The van der Waals surface area contributed by atoms with Gasteiger partial charge in [0.15, 0.2) is 5.82 Å². The maximum absolute atomic E-state index is 12.7. The highest BCUT2D eigenvalue weighted by molar-refractivity contribution is 5.94. The van der Waals surface area contributed by atoms with E-state index in [9.17, 15) is 4.79 Å². The minimum atomic E-state index is -0.164. The lowest BCUT2D eigenvalue weighted by Crippen LogP contribution is -2.27. The molecule has 3 aromatic carbocycles. The van der Waals surface area contributed by atoms with Crippen molar-refractivity contribution in [2.75, 3.05) is 20.3 Å². The van der Waals surface area contributed by atoms with Crippen molar-refractivity contribution < 1.29 is 14.3 Å². The number of hydrogen-bond donors (Lipinski definition) is 1. The monoisotopic (exact) mass is 442 g/mol. The predicted octanol–water partition coefficient (Wildman–Crippen LogP) is 4.20. The van der Waals surface area contributed by atoms with Gasteiger partial charge in [0.1, 0.15) is 11.6 Å². The van der Waals surface area contributed by atoms with Crippen LogP contribution in [0.5, 0.6) is 5.75 Å². The number of rotatable bonds is 9. The van der Waals surface area contributed by atoms with Gasteiger partial charge >= 0.3 is 0 Å². The van der Waals surface area contributed by atoms with Crippen LogP contribution in [-0.2, 0) is 11.3 Å². The number of nitrogens with zero attached hydrogens (tertiary/aromatic N) is 3. The Labute approximate surface area is 193 Å². The summed E-state index contributed by atoms with van der Waals surface area (Å²) in [7, 11) is 1.63. The van der Waals surface area contributed by atoms with E-state index in [1.54, 1.807) is 23.9 Å². The van der Waals surface area contributed by atoms with Gasteiger partial charge in [0.25, 0.3) is 5.91 Å². The number of aromatic nitrogens is 3. The van der Waals surface area contributed by atoms with Crippen LogP contribution in [0.1, 0.15) is 21.7 Å². The molecular formula is C26H26N4O3. The van der Waals surface area contributed by atoms with Crippen molar-refractivity contribution in [3.05, 3.63) is 95.8 Å². The maximum Gasteiger partial charge on any atom is 0.251 e. The first-order valence-electron chi connectivity index (χ1n) is 10.7. The van der Waals surface area contributed by atoms with Crippen LogP contribution in [0.3, 0.4) is 0 Å². The predicted molar refractivity (Wildman–Crippen MR) is 127 cm³/mol. The second-order valence-corrected chi connectivity index (χ2v) is 7.47. The number of nitrogens with one attached hydrogen (secondary N) is 1. The van der Waals surface area contributed by atoms with Crippen molar-refractivity contribution in [3.8, 4) is 22.8 Å². The molecule has 168 valence electrons. The largest absolute Gasteiger partial charge is 0.497 e. The molecule has 1 N–H and O–H groups in total. The molecular weight excluding hydrogens is 416 g/mol. The molecule has 7 heteroatoms. The summed E-state index contributed by atoms with van der Waals surface area (Å²) in [6.07, 6.45) is 0. The number of benzene rings is 3. The number of hydrogen-bond acceptors (Lipinski definition) is 5. The molecule has 1 amide bonds. The molecule has 0 aliphatic heterocycles. The molecule has 4 rings (SSSR count). The lowest BCUT2D eigenvalue weighted by molar-refractivity contribution is 0.0901. The Kier molecular flexibility index (Phi) is 7.12. The fourth-order valence-corrected chi connectivity index (χ4v) is 3.40. The van der Waals surface area contributed by atoms with E-state index in [-0.39, 0.29) is 5.91 Å². The highest BCUT2D eigenvalue weighted by atomic mass is 16.5. The van der Waals surface area contributed by atoms with Crippen molar-refractivity contribution in [3.63, 3.8) is 0 Å². The molecule has 0 radical (unpaired) electrons. The number of carbonyl (C=O) groups excluding carboxylic acids is 1. The van der Waals surface area contributed by atoms with Gasteiger partial charge in [-0.3, -0.25) is 4.79 Å². The summed E-state index contributed by atoms with van der Waals surface area (Å²) in [4.78, 5) is 17.2. The minimum Gasteiger partial charge on any atom is -0.497 e. The summed E-state index contributed by atoms with van der Waals surface area (Å²) < 4.78 is 12.6. The van der Waals surface area contributed by atoms with Crippen molar-refractivity contribution in [2.24, 2.45) is 0 Å². The van der Waals surface area contributed by atoms with Crippen LogP contribution in [-0.4, -0.2) is 40.9 Å². The van der Waals surface area contributed by atoms with Crippen molar-refractivity contribution in [1.82, 2.24) is 20.1 Å². The third-order valence-corrected chi connectivity index (χ3v) is 5.06. The van der Waals surface area contributed by atoms with Gasteiger partial charge in [0, 0.05) is 17.7 Å². The SMILES string of the molecule is COc1ccc(-c2nc(C)nn2-c2cccc(C(=O)NCCOCc3ccccc3)c2)cc1. The number of methoxy groups -OCH3 is 1. The van der Waals surface area contributed by atoms with Gasteiger partial charge in [-0.25, -0.2) is 9.67 Å². The fourth-order valence-electron chi connectivity index (χ4n) is 3.40. The molecule has 0 unspecified atom stereocenters. The molecule has 1 heterocycles. The standard InChI is InChI=1S/C26H26N4O3/c1-19-28-25(21-11-13-24(32-2)14-12-21)30(29-19)23-10-6-9-22(17-23)26(31)27-15-16-33-18-20-7-4-3-5-8-20/h3-14,17H,15-16,18H2,1-2H3,(H,27,31). The summed E-state index contributed by atoms with van der Waals surface area (Å²) in [5, 5.41) is 7.44. The number of ether oxygens (including phenoxy) is 2. The van der Waals surface area contributed by atoms with Crippen molar-refractivity contribution >= 4 is 5.91 Å². The first kappa shape index (κ1) is 22.2. The van der Waals surface area contributed by atoms with Crippen LogP contribution in [0.25, 0.3) is 17.1 Å². The molecule has 4 aromatic rings.